The van der Waals surface area contributed by atoms with Crippen molar-refractivity contribution in [3.05, 3.63) is 59.2 Å². The van der Waals surface area contributed by atoms with Crippen molar-refractivity contribution in [1.82, 2.24) is 4.31 Å². The molecular formula is C16H13NO6S. The predicted octanol–water partition coefficient (Wildman–Crippen LogP) is 2.19. The fourth-order valence-electron chi connectivity index (χ4n) is 2.24. The maximum Gasteiger partial charge on any atom is 0.314 e. The molecule has 1 atom stereocenters. The van der Waals surface area contributed by atoms with Crippen molar-refractivity contribution >= 4 is 23.1 Å². The van der Waals surface area contributed by atoms with E-state index in [1.54, 1.807) is 30.3 Å². The average molecular weight is 347 g/mol. The van der Waals surface area contributed by atoms with Crippen LogP contribution >= 0.6 is 0 Å². The van der Waals surface area contributed by atoms with Crippen molar-refractivity contribution in [1.29, 1.82) is 0 Å². The molecule has 7 nitrogen and oxygen atoms in total. The number of hydrogen-bond acceptors (Lipinski definition) is 6. The molecule has 0 aliphatic carbocycles. The lowest BCUT2D eigenvalue weighted by atomic mass is 10.1. The molecule has 1 unspecified atom stereocenters. The summed E-state index contributed by atoms with van der Waals surface area (Å²) in [5.74, 6) is -0.857. The smallest absolute Gasteiger partial charge is 0.314 e. The Kier molecular flexibility index (Phi) is 4.32. The van der Waals surface area contributed by atoms with Gasteiger partial charge in [0.25, 0.3) is 11.8 Å². The monoisotopic (exact) mass is 347 g/mol. The van der Waals surface area contributed by atoms with Crippen molar-refractivity contribution in [2.24, 2.45) is 0 Å². The highest BCUT2D eigenvalue weighted by atomic mass is 32.2. The third-order valence-corrected chi connectivity index (χ3v) is 4.22. The Balaban J connectivity index is 1.75. The van der Waals surface area contributed by atoms with Gasteiger partial charge in [0.15, 0.2) is 5.75 Å². The molecule has 8 heteroatoms. The molecule has 1 aliphatic rings. The summed E-state index contributed by atoms with van der Waals surface area (Å²) >= 11 is -2.44. The Hall–Kier alpha value is -2.71. The molecule has 1 heterocycles. The molecule has 0 fully saturated rings. The van der Waals surface area contributed by atoms with Crippen LogP contribution in [0.2, 0.25) is 0 Å². The Morgan fingerprint density at radius 1 is 0.958 bits per heavy atom. The fraction of sp³-hybridized carbons (Fsp3) is 0.125. The van der Waals surface area contributed by atoms with Crippen LogP contribution in [0.1, 0.15) is 26.3 Å². The first-order chi connectivity index (χ1) is 11.5. The zero-order valence-electron chi connectivity index (χ0n) is 12.8. The molecule has 0 saturated carbocycles. The topological polar surface area (TPSA) is 82.1 Å². The number of aryl methyl sites for hydroxylation is 1. The van der Waals surface area contributed by atoms with E-state index >= 15 is 0 Å². The van der Waals surface area contributed by atoms with E-state index in [0.717, 1.165) is 5.56 Å². The Labute approximate surface area is 140 Å². The summed E-state index contributed by atoms with van der Waals surface area (Å²) in [6.07, 6.45) is 0. The largest absolute Gasteiger partial charge is 0.493 e. The molecule has 0 radical (unpaired) electrons. The number of ether oxygens (including phenoxy) is 1. The minimum atomic E-state index is -2.44. The highest BCUT2D eigenvalue weighted by Crippen LogP contribution is 2.29. The van der Waals surface area contributed by atoms with Crippen LogP contribution in [-0.4, -0.2) is 27.4 Å². The molecule has 2 aromatic carbocycles. The number of carbonyl (C=O) groups is 2. The summed E-state index contributed by atoms with van der Waals surface area (Å²) in [7, 11) is 1.45. The number of imide groups is 1. The minimum absolute atomic E-state index is 0.173. The molecule has 1 aliphatic heterocycles. The van der Waals surface area contributed by atoms with Crippen LogP contribution in [-0.2, 0) is 15.6 Å². The normalized spacial score (nSPS) is 14.5. The molecule has 124 valence electrons. The van der Waals surface area contributed by atoms with E-state index in [1.165, 1.54) is 19.2 Å². The van der Waals surface area contributed by atoms with Gasteiger partial charge in [0.2, 0.25) is 5.75 Å². The van der Waals surface area contributed by atoms with Crippen LogP contribution < -0.4 is 9.62 Å². The Bertz CT molecular complexity index is 815. The molecule has 24 heavy (non-hydrogen) atoms. The number of carbonyl (C=O) groups excluding carboxylic acids is 2. The van der Waals surface area contributed by atoms with E-state index in [0.29, 0.717) is 10.1 Å². The van der Waals surface area contributed by atoms with Crippen molar-refractivity contribution < 1.29 is 27.8 Å². The first-order valence-corrected chi connectivity index (χ1v) is 7.95. The molecule has 0 spiro atoms. The Morgan fingerprint density at radius 2 is 1.58 bits per heavy atom. The van der Waals surface area contributed by atoms with Crippen LogP contribution in [0.5, 0.6) is 11.5 Å². The number of benzene rings is 2. The second-order valence-electron chi connectivity index (χ2n) is 4.97. The van der Waals surface area contributed by atoms with Gasteiger partial charge >= 0.3 is 11.3 Å². The molecule has 0 aromatic heterocycles. The van der Waals surface area contributed by atoms with Gasteiger partial charge in [-0.05, 0) is 36.8 Å². The lowest BCUT2D eigenvalue weighted by Gasteiger charge is -2.12. The van der Waals surface area contributed by atoms with Gasteiger partial charge in [-0.15, -0.1) is 0 Å². The van der Waals surface area contributed by atoms with E-state index in [4.69, 9.17) is 14.0 Å². The summed E-state index contributed by atoms with van der Waals surface area (Å²) in [5.41, 5.74) is 1.28. The molecular weight excluding hydrogens is 334 g/mol. The van der Waals surface area contributed by atoms with Crippen molar-refractivity contribution in [3.8, 4) is 11.5 Å². The first kappa shape index (κ1) is 16.2. The van der Waals surface area contributed by atoms with Crippen LogP contribution in [0.4, 0.5) is 0 Å². The standard InChI is InChI=1S/C16H13NO6S/c1-10-7-8-13(14(9-10)21-2)22-23-24(20)17-15(18)11-5-3-4-6-12(11)16(17)19/h3-9H,1-2H3. The van der Waals surface area contributed by atoms with E-state index in [-0.39, 0.29) is 16.9 Å². The Morgan fingerprint density at radius 3 is 2.17 bits per heavy atom. The lowest BCUT2D eigenvalue weighted by molar-refractivity contribution is -0.0912. The number of hydrogen-bond donors (Lipinski definition) is 0. The van der Waals surface area contributed by atoms with E-state index < -0.39 is 23.1 Å². The molecule has 0 bridgehead atoms. The van der Waals surface area contributed by atoms with Gasteiger partial charge in [-0.25, -0.2) is 4.21 Å². The van der Waals surface area contributed by atoms with E-state index in [1.807, 2.05) is 6.92 Å². The number of methoxy groups -OCH3 is 1. The maximum absolute atomic E-state index is 12.2. The zero-order valence-corrected chi connectivity index (χ0v) is 13.7. The summed E-state index contributed by atoms with van der Waals surface area (Å²) in [6.45, 7) is 1.87. The van der Waals surface area contributed by atoms with Gasteiger partial charge in [-0.2, -0.15) is 4.31 Å². The summed E-state index contributed by atoms with van der Waals surface area (Å²) in [6, 6.07) is 11.2. The molecule has 0 saturated heterocycles. The summed E-state index contributed by atoms with van der Waals surface area (Å²) < 4.78 is 22.6. The van der Waals surface area contributed by atoms with Crippen LogP contribution in [0.15, 0.2) is 42.5 Å². The van der Waals surface area contributed by atoms with Crippen LogP contribution in [0.3, 0.4) is 0 Å². The third-order valence-electron chi connectivity index (χ3n) is 3.41. The fourth-order valence-corrected chi connectivity index (χ4v) is 2.90. The number of fused-ring (bicyclic) bond motifs is 1. The highest BCUT2D eigenvalue weighted by Gasteiger charge is 2.40. The van der Waals surface area contributed by atoms with Gasteiger partial charge in [-0.3, -0.25) is 9.59 Å². The van der Waals surface area contributed by atoms with E-state index in [2.05, 4.69) is 0 Å². The van der Waals surface area contributed by atoms with Crippen LogP contribution in [0.25, 0.3) is 0 Å². The number of nitrogens with zero attached hydrogens (tertiary/aromatic N) is 1. The number of amides is 2. The van der Waals surface area contributed by atoms with Gasteiger partial charge < -0.3 is 9.62 Å². The van der Waals surface area contributed by atoms with Gasteiger partial charge in [0, 0.05) is 0 Å². The molecule has 0 N–H and O–H groups in total. The quantitative estimate of drug-likeness (QED) is 0.468. The lowest BCUT2D eigenvalue weighted by Crippen LogP contribution is -2.33. The average Bonchev–Trinajstić information content (AvgIpc) is 2.85. The molecule has 2 aromatic rings. The van der Waals surface area contributed by atoms with Gasteiger partial charge in [0.1, 0.15) is 0 Å². The predicted molar refractivity (Wildman–Crippen MR) is 84.5 cm³/mol. The van der Waals surface area contributed by atoms with Crippen molar-refractivity contribution in [3.63, 3.8) is 0 Å². The third kappa shape index (κ3) is 2.77. The van der Waals surface area contributed by atoms with E-state index in [9.17, 15) is 13.8 Å². The molecule has 3 rings (SSSR count). The highest BCUT2D eigenvalue weighted by molar-refractivity contribution is 7.79. The second kappa shape index (κ2) is 6.42. The minimum Gasteiger partial charge on any atom is -0.493 e. The maximum atomic E-state index is 12.2. The number of rotatable bonds is 5. The van der Waals surface area contributed by atoms with Crippen molar-refractivity contribution in [2.45, 2.75) is 6.92 Å². The summed E-state index contributed by atoms with van der Waals surface area (Å²) in [5, 5.41) is 0. The summed E-state index contributed by atoms with van der Waals surface area (Å²) in [4.78, 5) is 29.3. The van der Waals surface area contributed by atoms with Gasteiger partial charge in [0.05, 0.1) is 18.2 Å². The molecule has 2 amide bonds. The SMILES string of the molecule is COc1cc(C)ccc1OOS(=O)N1C(=O)c2ccccc2C1=O. The van der Waals surface area contributed by atoms with Crippen molar-refractivity contribution in [2.75, 3.05) is 7.11 Å². The second-order valence-corrected chi connectivity index (χ2v) is 5.91. The van der Waals surface area contributed by atoms with Gasteiger partial charge in [-0.1, -0.05) is 22.5 Å². The first-order valence-electron chi connectivity index (χ1n) is 6.92. The van der Waals surface area contributed by atoms with Crippen LogP contribution in [0, 0.1) is 6.92 Å². The zero-order chi connectivity index (χ0) is 17.3.